The lowest BCUT2D eigenvalue weighted by atomic mass is 10.2. The molecule has 0 aliphatic heterocycles. The van der Waals surface area contributed by atoms with Gasteiger partial charge >= 0.3 is 0 Å². The maximum atomic E-state index is 11.4. The Balaban J connectivity index is 1.97. The highest BCUT2D eigenvalue weighted by molar-refractivity contribution is 6.30. The van der Waals surface area contributed by atoms with Crippen molar-refractivity contribution in [1.82, 2.24) is 10.2 Å². The summed E-state index contributed by atoms with van der Waals surface area (Å²) in [5, 5.41) is 11.2. The average molecular weight is 341 g/mol. The van der Waals surface area contributed by atoms with Crippen LogP contribution in [0, 0.1) is 0 Å². The second-order valence-corrected chi connectivity index (χ2v) is 5.38. The van der Waals surface area contributed by atoms with Crippen molar-refractivity contribution in [3.8, 4) is 5.75 Å². The van der Waals surface area contributed by atoms with Crippen molar-refractivity contribution in [2.24, 2.45) is 5.73 Å². The number of nitrogens with zero attached hydrogens (tertiary/aromatic N) is 2. The van der Waals surface area contributed by atoms with Crippen LogP contribution in [0.15, 0.2) is 30.3 Å². The van der Waals surface area contributed by atoms with Gasteiger partial charge in [0.15, 0.2) is 11.0 Å². The Bertz CT molecular complexity index is 664. The van der Waals surface area contributed by atoms with Gasteiger partial charge in [-0.05, 0) is 37.3 Å². The number of primary amides is 1. The van der Waals surface area contributed by atoms with Crippen molar-refractivity contribution in [2.45, 2.75) is 13.0 Å². The van der Waals surface area contributed by atoms with Gasteiger partial charge in [0.1, 0.15) is 11.9 Å². The summed E-state index contributed by atoms with van der Waals surface area (Å²) in [5.74, 6) is 0.324. The minimum atomic E-state index is -0.634. The molecule has 1 aromatic carbocycles. The quantitative estimate of drug-likeness (QED) is 0.843. The van der Waals surface area contributed by atoms with Gasteiger partial charge in [0.05, 0.1) is 12.1 Å². The summed E-state index contributed by atoms with van der Waals surface area (Å²) in [6.07, 6.45) is -0.181. The second-order valence-electron chi connectivity index (χ2n) is 4.56. The number of rotatable bonds is 6. The molecule has 2 aromatic rings. The zero-order chi connectivity index (χ0) is 16.1. The van der Waals surface area contributed by atoms with E-state index >= 15 is 0 Å². The van der Waals surface area contributed by atoms with Gasteiger partial charge in [-0.3, -0.25) is 4.79 Å². The second kappa shape index (κ2) is 7.29. The summed E-state index contributed by atoms with van der Waals surface area (Å²) in [4.78, 5) is 11.4. The first kappa shape index (κ1) is 16.3. The molecule has 1 amide bonds. The Morgan fingerprint density at radius 2 is 2.00 bits per heavy atom. The van der Waals surface area contributed by atoms with Crippen molar-refractivity contribution in [3.05, 3.63) is 46.1 Å². The maximum Gasteiger partial charge on any atom is 0.252 e. The van der Waals surface area contributed by atoms with E-state index in [2.05, 4.69) is 15.5 Å². The van der Waals surface area contributed by atoms with E-state index in [1.54, 1.807) is 24.3 Å². The highest BCUT2D eigenvalue weighted by atomic mass is 35.5. The number of carbonyl (C=O) groups excluding carboxylic acids is 1. The summed E-state index contributed by atoms with van der Waals surface area (Å²) in [7, 11) is 0. The van der Waals surface area contributed by atoms with Gasteiger partial charge in [-0.1, -0.05) is 23.2 Å². The zero-order valence-electron chi connectivity index (χ0n) is 11.7. The Morgan fingerprint density at radius 3 is 2.64 bits per heavy atom. The smallest absolute Gasteiger partial charge is 0.252 e. The van der Waals surface area contributed by atoms with Crippen molar-refractivity contribution in [3.63, 3.8) is 0 Å². The molecule has 0 saturated heterocycles. The van der Waals surface area contributed by atoms with Crippen LogP contribution in [-0.4, -0.2) is 28.8 Å². The third-order valence-electron chi connectivity index (χ3n) is 2.74. The molecule has 116 valence electrons. The molecule has 0 fully saturated rings. The number of nitrogens with one attached hydrogen (secondary N) is 1. The molecule has 22 heavy (non-hydrogen) atoms. The number of hydrogen-bond acceptors (Lipinski definition) is 5. The first-order valence-corrected chi connectivity index (χ1v) is 7.20. The van der Waals surface area contributed by atoms with Crippen LogP contribution in [0.4, 0.5) is 5.82 Å². The normalized spacial score (nSPS) is 11.8. The lowest BCUT2D eigenvalue weighted by Crippen LogP contribution is -2.25. The standard InChI is InChI=1S/C14H14Cl2N4O2/c1-8(22-10-4-2-9(15)3-5-10)7-18-14-11(13(17)21)6-12(16)19-20-14/h2-6,8H,7H2,1H3,(H2,17,21)(H,18,20). The molecular formula is C14H14Cl2N4O2. The van der Waals surface area contributed by atoms with E-state index < -0.39 is 5.91 Å². The predicted molar refractivity (Wildman–Crippen MR) is 85.6 cm³/mol. The van der Waals surface area contributed by atoms with E-state index in [4.69, 9.17) is 33.7 Å². The largest absolute Gasteiger partial charge is 0.489 e. The minimum Gasteiger partial charge on any atom is -0.489 e. The molecule has 1 aromatic heterocycles. The van der Waals surface area contributed by atoms with Crippen molar-refractivity contribution in [2.75, 3.05) is 11.9 Å². The number of hydrogen-bond donors (Lipinski definition) is 2. The van der Waals surface area contributed by atoms with Crippen LogP contribution < -0.4 is 15.8 Å². The molecule has 1 heterocycles. The SMILES string of the molecule is CC(CNc1nnc(Cl)cc1C(N)=O)Oc1ccc(Cl)cc1. The van der Waals surface area contributed by atoms with Crippen LogP contribution in [0.2, 0.25) is 10.2 Å². The van der Waals surface area contributed by atoms with E-state index in [1.807, 2.05) is 6.92 Å². The van der Waals surface area contributed by atoms with Crippen LogP contribution in [-0.2, 0) is 0 Å². The van der Waals surface area contributed by atoms with Crippen LogP contribution in [0.1, 0.15) is 17.3 Å². The topological polar surface area (TPSA) is 90.1 Å². The first-order valence-electron chi connectivity index (χ1n) is 6.45. The molecular weight excluding hydrogens is 327 g/mol. The van der Waals surface area contributed by atoms with E-state index in [-0.39, 0.29) is 22.6 Å². The fourth-order valence-corrected chi connectivity index (χ4v) is 1.99. The monoisotopic (exact) mass is 340 g/mol. The van der Waals surface area contributed by atoms with Crippen LogP contribution in [0.3, 0.4) is 0 Å². The maximum absolute atomic E-state index is 11.4. The van der Waals surface area contributed by atoms with Crippen molar-refractivity contribution < 1.29 is 9.53 Å². The van der Waals surface area contributed by atoms with Gasteiger partial charge in [0.2, 0.25) is 0 Å². The molecule has 0 bridgehead atoms. The number of nitrogens with two attached hydrogens (primary N) is 1. The summed E-state index contributed by atoms with van der Waals surface area (Å²) < 4.78 is 5.70. The molecule has 3 N–H and O–H groups in total. The van der Waals surface area contributed by atoms with Gasteiger partial charge in [-0.2, -0.15) is 0 Å². The first-order chi connectivity index (χ1) is 10.5. The molecule has 0 spiro atoms. The minimum absolute atomic E-state index is 0.102. The Morgan fingerprint density at radius 1 is 1.32 bits per heavy atom. The number of benzene rings is 1. The number of halogens is 2. The summed E-state index contributed by atoms with van der Waals surface area (Å²) in [6, 6.07) is 8.40. The van der Waals surface area contributed by atoms with Crippen LogP contribution in [0.5, 0.6) is 5.75 Å². The van der Waals surface area contributed by atoms with Gasteiger partial charge in [0, 0.05) is 5.02 Å². The van der Waals surface area contributed by atoms with Crippen molar-refractivity contribution in [1.29, 1.82) is 0 Å². The Hall–Kier alpha value is -2.05. The highest BCUT2D eigenvalue weighted by Gasteiger charge is 2.13. The molecule has 0 aliphatic rings. The molecule has 1 unspecified atom stereocenters. The fraction of sp³-hybridized carbons (Fsp3) is 0.214. The van der Waals surface area contributed by atoms with Gasteiger partial charge < -0.3 is 15.8 Å². The molecule has 0 radical (unpaired) electrons. The third kappa shape index (κ3) is 4.47. The van der Waals surface area contributed by atoms with Crippen LogP contribution >= 0.6 is 23.2 Å². The van der Waals surface area contributed by atoms with Gasteiger partial charge in [-0.15, -0.1) is 10.2 Å². The summed E-state index contributed by atoms with van der Waals surface area (Å²) >= 11 is 11.5. The van der Waals surface area contributed by atoms with Crippen molar-refractivity contribution >= 4 is 34.9 Å². The summed E-state index contributed by atoms with van der Waals surface area (Å²) in [6.45, 7) is 2.27. The molecule has 6 nitrogen and oxygen atoms in total. The number of amides is 1. The predicted octanol–water partition coefficient (Wildman–Crippen LogP) is 2.76. The Labute approximate surface area is 137 Å². The van der Waals surface area contributed by atoms with Gasteiger partial charge in [0.25, 0.3) is 5.91 Å². The van der Waals surface area contributed by atoms with E-state index in [9.17, 15) is 4.79 Å². The molecule has 8 heteroatoms. The van der Waals surface area contributed by atoms with E-state index in [0.717, 1.165) is 0 Å². The zero-order valence-corrected chi connectivity index (χ0v) is 13.2. The molecule has 1 atom stereocenters. The number of carbonyl (C=O) groups is 1. The van der Waals surface area contributed by atoms with E-state index in [0.29, 0.717) is 17.3 Å². The molecule has 0 aliphatic carbocycles. The highest BCUT2D eigenvalue weighted by Crippen LogP contribution is 2.18. The summed E-state index contributed by atoms with van der Waals surface area (Å²) in [5.41, 5.74) is 5.46. The fourth-order valence-electron chi connectivity index (χ4n) is 1.71. The third-order valence-corrected chi connectivity index (χ3v) is 3.17. The molecule has 2 rings (SSSR count). The lowest BCUT2D eigenvalue weighted by Gasteiger charge is -2.16. The van der Waals surface area contributed by atoms with Gasteiger partial charge in [-0.25, -0.2) is 0 Å². The van der Waals surface area contributed by atoms with E-state index in [1.165, 1.54) is 6.07 Å². The number of anilines is 1. The van der Waals surface area contributed by atoms with Crippen LogP contribution in [0.25, 0.3) is 0 Å². The lowest BCUT2D eigenvalue weighted by molar-refractivity contribution is 0.100. The Kier molecular flexibility index (Phi) is 5.41. The molecule has 0 saturated carbocycles. The number of ether oxygens (including phenoxy) is 1. The number of aromatic nitrogens is 2. The average Bonchev–Trinajstić information content (AvgIpc) is 2.48.